The minimum atomic E-state index is 0. The lowest BCUT2D eigenvalue weighted by Crippen LogP contribution is -2.19. The average Bonchev–Trinajstić information content (AvgIpc) is 2.92. The molecule has 0 fully saturated rings. The summed E-state index contributed by atoms with van der Waals surface area (Å²) < 4.78 is 0. The maximum atomic E-state index is 6.33. The number of hydrogen-bond donors (Lipinski definition) is 1. The fourth-order valence-corrected chi connectivity index (χ4v) is 3.15. The van der Waals surface area contributed by atoms with Gasteiger partial charge in [-0.05, 0) is 35.9 Å². The fraction of sp³-hybridized carbons (Fsp3) is 0.188. The Morgan fingerprint density at radius 2 is 1.70 bits per heavy atom. The molecule has 2 aromatic rings. The zero-order chi connectivity index (χ0) is 15.7. The Bertz CT molecular complexity index is 716. The largest absolute Gasteiger partial charge is 0.325 e. The van der Waals surface area contributed by atoms with Crippen molar-refractivity contribution in [1.82, 2.24) is 0 Å². The summed E-state index contributed by atoms with van der Waals surface area (Å²) in [5, 5.41) is 8.38. The number of rotatable bonds is 3. The van der Waals surface area contributed by atoms with Crippen LogP contribution in [0.15, 0.2) is 47.6 Å². The fourth-order valence-electron chi connectivity index (χ4n) is 2.53. The molecule has 1 heterocycles. The number of anilines is 1. The van der Waals surface area contributed by atoms with Gasteiger partial charge in [0.05, 0.1) is 22.5 Å². The monoisotopic (exact) mass is 389 g/mol. The topological polar surface area (TPSA) is 41.6 Å². The molecule has 0 saturated heterocycles. The third-order valence-electron chi connectivity index (χ3n) is 3.62. The van der Waals surface area contributed by atoms with E-state index in [1.165, 1.54) is 0 Å². The van der Waals surface area contributed by atoms with Crippen molar-refractivity contribution in [1.29, 1.82) is 0 Å². The van der Waals surface area contributed by atoms with E-state index in [2.05, 4.69) is 5.10 Å². The van der Waals surface area contributed by atoms with Gasteiger partial charge in [-0.3, -0.25) is 5.01 Å². The van der Waals surface area contributed by atoms with E-state index in [0.717, 1.165) is 23.4 Å². The predicted molar refractivity (Wildman–Crippen MR) is 101 cm³/mol. The van der Waals surface area contributed by atoms with Crippen molar-refractivity contribution in [2.45, 2.75) is 12.5 Å². The molecule has 0 bridgehead atoms. The molecule has 23 heavy (non-hydrogen) atoms. The van der Waals surface area contributed by atoms with E-state index in [1.54, 1.807) is 12.1 Å². The SMILES string of the molecule is Cl.NCC1=NN(c2ccc(Cl)cc2Cl)[C@H](c2ccc(Cl)cc2)C1. The van der Waals surface area contributed by atoms with Crippen molar-refractivity contribution >= 4 is 58.6 Å². The van der Waals surface area contributed by atoms with Crippen molar-refractivity contribution in [3.05, 3.63) is 63.1 Å². The summed E-state index contributed by atoms with van der Waals surface area (Å²) in [7, 11) is 0. The van der Waals surface area contributed by atoms with Gasteiger partial charge in [0, 0.05) is 23.0 Å². The Balaban J connectivity index is 0.00000192. The maximum Gasteiger partial charge on any atom is 0.0829 e. The molecule has 0 unspecified atom stereocenters. The predicted octanol–water partition coefficient (Wildman–Crippen LogP) is 5.33. The lowest BCUT2D eigenvalue weighted by molar-refractivity contribution is 0.708. The van der Waals surface area contributed by atoms with E-state index >= 15 is 0 Å². The van der Waals surface area contributed by atoms with Crippen LogP contribution in [0.5, 0.6) is 0 Å². The first-order valence-corrected chi connectivity index (χ1v) is 7.98. The van der Waals surface area contributed by atoms with E-state index in [0.29, 0.717) is 21.6 Å². The van der Waals surface area contributed by atoms with E-state index in [9.17, 15) is 0 Å². The summed E-state index contributed by atoms with van der Waals surface area (Å²) in [5.74, 6) is 0. The lowest BCUT2D eigenvalue weighted by atomic mass is 10.0. The minimum absolute atomic E-state index is 0. The number of hydrogen-bond acceptors (Lipinski definition) is 3. The molecule has 1 aliphatic rings. The Labute approximate surface area is 156 Å². The smallest absolute Gasteiger partial charge is 0.0829 e. The van der Waals surface area contributed by atoms with Gasteiger partial charge >= 0.3 is 0 Å². The van der Waals surface area contributed by atoms with Crippen molar-refractivity contribution in [3.8, 4) is 0 Å². The molecule has 1 atom stereocenters. The van der Waals surface area contributed by atoms with Crippen LogP contribution in [0.4, 0.5) is 5.69 Å². The van der Waals surface area contributed by atoms with Crippen molar-refractivity contribution in [2.24, 2.45) is 10.8 Å². The number of hydrazone groups is 1. The van der Waals surface area contributed by atoms with E-state index in [4.69, 9.17) is 40.5 Å². The van der Waals surface area contributed by atoms with Gasteiger partial charge in [-0.15, -0.1) is 12.4 Å². The zero-order valence-electron chi connectivity index (χ0n) is 12.0. The van der Waals surface area contributed by atoms with Crippen molar-refractivity contribution < 1.29 is 0 Å². The first kappa shape index (κ1) is 18.4. The van der Waals surface area contributed by atoms with Gasteiger partial charge in [-0.1, -0.05) is 46.9 Å². The summed E-state index contributed by atoms with van der Waals surface area (Å²) >= 11 is 18.3. The summed E-state index contributed by atoms with van der Waals surface area (Å²) in [5.41, 5.74) is 8.63. The van der Waals surface area contributed by atoms with Gasteiger partial charge in [0.1, 0.15) is 0 Å². The van der Waals surface area contributed by atoms with E-state index < -0.39 is 0 Å². The third-order valence-corrected chi connectivity index (χ3v) is 4.41. The van der Waals surface area contributed by atoms with Crippen LogP contribution in [-0.4, -0.2) is 12.3 Å². The molecule has 122 valence electrons. The van der Waals surface area contributed by atoms with E-state index in [1.807, 2.05) is 35.3 Å². The van der Waals surface area contributed by atoms with E-state index in [-0.39, 0.29) is 18.4 Å². The molecular formula is C16H15Cl4N3. The normalized spacial score (nSPS) is 17.0. The molecule has 0 saturated carbocycles. The van der Waals surface area contributed by atoms with Crippen LogP contribution in [0.3, 0.4) is 0 Å². The van der Waals surface area contributed by atoms with Crippen molar-refractivity contribution in [2.75, 3.05) is 11.6 Å². The number of halogens is 4. The highest BCUT2D eigenvalue weighted by atomic mass is 35.5. The van der Waals surface area contributed by atoms with Gasteiger partial charge in [0.15, 0.2) is 0 Å². The van der Waals surface area contributed by atoms with Crippen LogP contribution in [0.1, 0.15) is 18.0 Å². The number of nitrogens with two attached hydrogens (primary N) is 1. The van der Waals surface area contributed by atoms with Crippen LogP contribution in [0.2, 0.25) is 15.1 Å². The third kappa shape index (κ3) is 3.93. The standard InChI is InChI=1S/C16H14Cl3N3.ClH/c17-11-3-1-10(2-4-11)16-8-13(9-20)21-22(16)15-6-5-12(18)7-14(15)19;/h1-7,16H,8-9,20H2;1H/t16-;/m0./s1. The van der Waals surface area contributed by atoms with Crippen LogP contribution < -0.4 is 10.7 Å². The Morgan fingerprint density at radius 3 is 2.30 bits per heavy atom. The zero-order valence-corrected chi connectivity index (χ0v) is 15.1. The van der Waals surface area contributed by atoms with Gasteiger partial charge in [-0.25, -0.2) is 0 Å². The van der Waals surface area contributed by atoms with Crippen LogP contribution in [-0.2, 0) is 0 Å². The van der Waals surface area contributed by atoms with Crippen LogP contribution >= 0.6 is 47.2 Å². The molecule has 0 aliphatic carbocycles. The molecule has 0 radical (unpaired) electrons. The number of nitrogens with zero attached hydrogens (tertiary/aromatic N) is 2. The quantitative estimate of drug-likeness (QED) is 0.768. The summed E-state index contributed by atoms with van der Waals surface area (Å²) in [6.07, 6.45) is 0.761. The van der Waals surface area contributed by atoms with Crippen molar-refractivity contribution in [3.63, 3.8) is 0 Å². The molecule has 1 aliphatic heterocycles. The molecule has 0 aromatic heterocycles. The average molecular weight is 391 g/mol. The minimum Gasteiger partial charge on any atom is -0.325 e. The molecule has 0 amide bonds. The molecule has 7 heteroatoms. The summed E-state index contributed by atoms with van der Waals surface area (Å²) in [4.78, 5) is 0. The highest BCUT2D eigenvalue weighted by Gasteiger charge is 2.29. The molecule has 2 N–H and O–H groups in total. The Morgan fingerprint density at radius 1 is 1.04 bits per heavy atom. The number of benzene rings is 2. The second-order valence-corrected chi connectivity index (χ2v) is 6.36. The molecule has 3 rings (SSSR count). The second-order valence-electron chi connectivity index (χ2n) is 5.08. The van der Waals surface area contributed by atoms with Crippen LogP contribution in [0, 0.1) is 0 Å². The first-order valence-electron chi connectivity index (χ1n) is 6.84. The van der Waals surface area contributed by atoms with Gasteiger partial charge < -0.3 is 5.73 Å². The van der Waals surface area contributed by atoms with Gasteiger partial charge in [0.2, 0.25) is 0 Å². The summed E-state index contributed by atoms with van der Waals surface area (Å²) in [6.45, 7) is 0.422. The highest BCUT2D eigenvalue weighted by molar-refractivity contribution is 6.36. The van der Waals surface area contributed by atoms with Gasteiger partial charge in [-0.2, -0.15) is 5.10 Å². The first-order chi connectivity index (χ1) is 10.6. The Kier molecular flexibility index (Phi) is 6.18. The highest BCUT2D eigenvalue weighted by Crippen LogP contribution is 2.39. The molecule has 0 spiro atoms. The Hall–Kier alpha value is -0.970. The molecule has 2 aromatic carbocycles. The van der Waals surface area contributed by atoms with Crippen LogP contribution in [0.25, 0.3) is 0 Å². The lowest BCUT2D eigenvalue weighted by Gasteiger charge is -2.25. The molecular weight excluding hydrogens is 376 g/mol. The second kappa shape index (κ2) is 7.73. The summed E-state index contributed by atoms with van der Waals surface area (Å²) in [6, 6.07) is 13.2. The van der Waals surface area contributed by atoms with Gasteiger partial charge in [0.25, 0.3) is 0 Å². The maximum absolute atomic E-state index is 6.33. The molecule has 3 nitrogen and oxygen atoms in total.